The van der Waals surface area contributed by atoms with Gasteiger partial charge in [0.2, 0.25) is 0 Å². The van der Waals surface area contributed by atoms with Crippen LogP contribution in [-0.2, 0) is 9.53 Å². The first-order chi connectivity index (χ1) is 5.68. The maximum Gasteiger partial charge on any atom is 0.332 e. The molecule has 1 heterocycles. The highest BCUT2D eigenvalue weighted by Gasteiger charge is 2.07. The monoisotopic (exact) mass is 202 g/mol. The van der Waals surface area contributed by atoms with E-state index in [0.29, 0.717) is 0 Å². The van der Waals surface area contributed by atoms with Crippen LogP contribution < -0.4 is 0 Å². The first kappa shape index (κ1) is 9.74. The lowest BCUT2D eigenvalue weighted by molar-refractivity contribution is -0.141. The highest BCUT2D eigenvalue weighted by atomic mass is 32.2. The quantitative estimate of drug-likeness (QED) is 0.508. The molecule has 0 aliphatic carbocycles. The first-order valence-corrected chi connectivity index (χ1v) is 5.35. The first-order valence-electron chi connectivity index (χ1n) is 3.59. The molecule has 1 aliphatic heterocycles. The summed E-state index contributed by atoms with van der Waals surface area (Å²) in [5.41, 5.74) is 0. The van der Waals surface area contributed by atoms with E-state index >= 15 is 0 Å². The smallest absolute Gasteiger partial charge is 0.332 e. The molecular weight excluding hydrogens is 192 g/mol. The second-order valence-electron chi connectivity index (χ2n) is 2.46. The van der Waals surface area contributed by atoms with Crippen molar-refractivity contribution in [2.24, 2.45) is 0 Å². The van der Waals surface area contributed by atoms with Gasteiger partial charge in [0, 0.05) is 6.08 Å². The Kier molecular flexibility index (Phi) is 3.75. The van der Waals surface area contributed by atoms with E-state index in [4.69, 9.17) is 4.74 Å². The number of esters is 1. The Morgan fingerprint density at radius 1 is 1.50 bits per heavy atom. The van der Waals surface area contributed by atoms with Gasteiger partial charge in [0.05, 0.1) is 10.3 Å². The van der Waals surface area contributed by atoms with E-state index in [9.17, 15) is 4.79 Å². The zero-order valence-corrected chi connectivity index (χ0v) is 8.58. The van der Waals surface area contributed by atoms with E-state index in [0.717, 1.165) is 4.24 Å². The Balaban J connectivity index is 2.39. The van der Waals surface area contributed by atoms with Crippen LogP contribution in [0.5, 0.6) is 0 Å². The fraction of sp³-hybridized carbons (Fsp3) is 0.375. The number of carbonyl (C=O) groups is 1. The maximum atomic E-state index is 11.1. The lowest BCUT2D eigenvalue weighted by Gasteiger charge is -2.04. The van der Waals surface area contributed by atoms with Crippen LogP contribution in [0.2, 0.25) is 0 Å². The van der Waals surface area contributed by atoms with E-state index in [1.165, 1.54) is 6.08 Å². The summed E-state index contributed by atoms with van der Waals surface area (Å²) in [7, 11) is 0. The van der Waals surface area contributed by atoms with Crippen molar-refractivity contribution in [2.45, 2.75) is 20.0 Å². The van der Waals surface area contributed by atoms with Crippen LogP contribution in [0.25, 0.3) is 0 Å². The number of hydrogen-bond acceptors (Lipinski definition) is 4. The Labute approximate surface area is 80.4 Å². The average molecular weight is 202 g/mol. The summed E-state index contributed by atoms with van der Waals surface area (Å²) in [5, 5.41) is 3.89. The molecule has 0 saturated carbocycles. The van der Waals surface area contributed by atoms with Gasteiger partial charge in [0.25, 0.3) is 0 Å². The third kappa shape index (κ3) is 3.36. The molecule has 1 rings (SSSR count). The Morgan fingerprint density at radius 3 is 2.58 bits per heavy atom. The second-order valence-corrected chi connectivity index (χ2v) is 4.61. The third-order valence-electron chi connectivity index (χ3n) is 1.01. The molecule has 4 heteroatoms. The van der Waals surface area contributed by atoms with Gasteiger partial charge in [0.1, 0.15) is 0 Å². The Hall–Kier alpha value is -0.350. The summed E-state index contributed by atoms with van der Waals surface area (Å²) >= 11 is 3.08. The molecule has 0 bridgehead atoms. The van der Waals surface area contributed by atoms with E-state index in [1.807, 2.05) is 24.7 Å². The lowest BCUT2D eigenvalue weighted by Crippen LogP contribution is -2.08. The van der Waals surface area contributed by atoms with Crippen molar-refractivity contribution >= 4 is 29.5 Å². The van der Waals surface area contributed by atoms with Gasteiger partial charge in [-0.3, -0.25) is 0 Å². The van der Waals surface area contributed by atoms with Crippen LogP contribution >= 0.6 is 23.5 Å². The van der Waals surface area contributed by atoms with Gasteiger partial charge in [-0.25, -0.2) is 4.79 Å². The van der Waals surface area contributed by atoms with E-state index in [-0.39, 0.29) is 12.1 Å². The van der Waals surface area contributed by atoms with Crippen molar-refractivity contribution in [1.29, 1.82) is 0 Å². The summed E-state index contributed by atoms with van der Waals surface area (Å²) in [6.07, 6.45) is 1.48. The molecule has 1 aliphatic rings. The van der Waals surface area contributed by atoms with E-state index < -0.39 is 0 Å². The normalized spacial score (nSPS) is 15.4. The van der Waals surface area contributed by atoms with Crippen molar-refractivity contribution in [2.75, 3.05) is 0 Å². The predicted octanol–water partition coefficient (Wildman–Crippen LogP) is 2.73. The molecule has 0 atom stereocenters. The standard InChI is InChI=1S/C8H10O2S2/c1-6(2)10-7(9)5-8-11-3-4-12-8/h3-6H,1-2H3. The molecule has 0 amide bonds. The van der Waals surface area contributed by atoms with Crippen molar-refractivity contribution in [3.05, 3.63) is 21.1 Å². The van der Waals surface area contributed by atoms with Crippen molar-refractivity contribution in [1.82, 2.24) is 0 Å². The zero-order valence-electron chi connectivity index (χ0n) is 6.94. The molecule has 0 saturated heterocycles. The van der Waals surface area contributed by atoms with Crippen LogP contribution in [0.15, 0.2) is 21.1 Å². The van der Waals surface area contributed by atoms with Crippen LogP contribution in [0.4, 0.5) is 0 Å². The molecular formula is C8H10O2S2. The molecule has 12 heavy (non-hydrogen) atoms. The minimum Gasteiger partial charge on any atom is -0.460 e. The largest absolute Gasteiger partial charge is 0.460 e. The summed E-state index contributed by atoms with van der Waals surface area (Å²) in [6.45, 7) is 3.67. The van der Waals surface area contributed by atoms with Gasteiger partial charge in [0.15, 0.2) is 0 Å². The summed E-state index contributed by atoms with van der Waals surface area (Å²) < 4.78 is 5.92. The topological polar surface area (TPSA) is 26.3 Å². The molecule has 0 fully saturated rings. The minimum absolute atomic E-state index is 0.0429. The average Bonchev–Trinajstić information content (AvgIpc) is 2.37. The third-order valence-corrected chi connectivity index (χ3v) is 3.01. The summed E-state index contributed by atoms with van der Waals surface area (Å²) in [6, 6.07) is 0. The summed E-state index contributed by atoms with van der Waals surface area (Å²) in [4.78, 5) is 11.1. The molecule has 0 unspecified atom stereocenters. The zero-order chi connectivity index (χ0) is 8.97. The van der Waals surface area contributed by atoms with Crippen LogP contribution in [0.3, 0.4) is 0 Å². The van der Waals surface area contributed by atoms with Crippen molar-refractivity contribution in [3.8, 4) is 0 Å². The van der Waals surface area contributed by atoms with Gasteiger partial charge in [-0.05, 0) is 24.7 Å². The van der Waals surface area contributed by atoms with Gasteiger partial charge in [-0.1, -0.05) is 23.5 Å². The van der Waals surface area contributed by atoms with Crippen molar-refractivity contribution < 1.29 is 9.53 Å². The minimum atomic E-state index is -0.260. The number of rotatable bonds is 2. The van der Waals surface area contributed by atoms with E-state index in [1.54, 1.807) is 23.5 Å². The van der Waals surface area contributed by atoms with Crippen LogP contribution in [0.1, 0.15) is 13.8 Å². The summed E-state index contributed by atoms with van der Waals surface area (Å²) in [5.74, 6) is -0.260. The van der Waals surface area contributed by atoms with Crippen LogP contribution in [0, 0.1) is 0 Å². The molecule has 0 aromatic heterocycles. The number of thioether (sulfide) groups is 2. The predicted molar refractivity (Wildman–Crippen MR) is 53.6 cm³/mol. The molecule has 0 N–H and O–H groups in total. The van der Waals surface area contributed by atoms with Gasteiger partial charge in [-0.2, -0.15) is 0 Å². The molecule has 0 radical (unpaired) electrons. The SMILES string of the molecule is CC(C)OC(=O)C=C1SC=CS1. The van der Waals surface area contributed by atoms with Gasteiger partial charge in [-0.15, -0.1) is 0 Å². The van der Waals surface area contributed by atoms with Gasteiger partial charge >= 0.3 is 5.97 Å². The van der Waals surface area contributed by atoms with E-state index in [2.05, 4.69) is 0 Å². The molecule has 66 valence electrons. The number of carbonyl (C=O) groups excluding carboxylic acids is 1. The molecule has 0 aromatic carbocycles. The highest BCUT2D eigenvalue weighted by Crippen LogP contribution is 2.37. The number of ether oxygens (including phenoxy) is 1. The maximum absolute atomic E-state index is 11.1. The number of hydrogen-bond donors (Lipinski definition) is 0. The lowest BCUT2D eigenvalue weighted by atomic mass is 10.5. The van der Waals surface area contributed by atoms with Crippen LogP contribution in [-0.4, -0.2) is 12.1 Å². The fourth-order valence-electron chi connectivity index (χ4n) is 0.648. The fourth-order valence-corrected chi connectivity index (χ4v) is 2.24. The molecule has 2 nitrogen and oxygen atoms in total. The molecule has 0 spiro atoms. The Bertz CT molecular complexity index is 221. The highest BCUT2D eigenvalue weighted by molar-refractivity contribution is 8.27. The second kappa shape index (κ2) is 4.62. The Morgan fingerprint density at radius 2 is 2.08 bits per heavy atom. The van der Waals surface area contributed by atoms with Gasteiger partial charge < -0.3 is 4.74 Å². The van der Waals surface area contributed by atoms with Crippen molar-refractivity contribution in [3.63, 3.8) is 0 Å². The molecule has 0 aromatic rings.